The van der Waals surface area contributed by atoms with Crippen LogP contribution >= 0.6 is 0 Å². The lowest BCUT2D eigenvalue weighted by atomic mass is 9.99. The summed E-state index contributed by atoms with van der Waals surface area (Å²) in [6.45, 7) is 3.86. The number of imidazole rings is 1. The zero-order chi connectivity index (χ0) is 11.7. The third-order valence-electron chi connectivity index (χ3n) is 2.79. The van der Waals surface area contributed by atoms with Gasteiger partial charge in [-0.05, 0) is 30.5 Å². The monoisotopic (exact) mass is 218 g/mol. The Kier molecular flexibility index (Phi) is 2.64. The highest BCUT2D eigenvalue weighted by molar-refractivity contribution is 5.68. The molecule has 1 atom stereocenters. The van der Waals surface area contributed by atoms with Crippen LogP contribution in [0.4, 0.5) is 0 Å². The number of aromatic nitrogens is 2. The Balaban J connectivity index is 2.35. The van der Waals surface area contributed by atoms with Crippen LogP contribution in [0.2, 0.25) is 0 Å². The topological polar surface area (TPSA) is 54.6 Å². The number of aliphatic carboxylic acids is 1. The number of carboxylic acids is 1. The first-order valence-electron chi connectivity index (χ1n) is 5.23. The van der Waals surface area contributed by atoms with E-state index >= 15 is 0 Å². The van der Waals surface area contributed by atoms with Crippen molar-refractivity contribution in [2.24, 2.45) is 0 Å². The molecule has 4 heteroatoms. The van der Waals surface area contributed by atoms with Gasteiger partial charge in [-0.15, -0.1) is 0 Å². The average molecular weight is 218 g/mol. The Hall–Kier alpha value is -1.84. The molecule has 0 aromatic carbocycles. The standard InChI is InChI=1S/C12H14N2O2/c1-8(5-12(15)16)10-3-4-14-9(2)13-7-11(14)6-10/h3-4,6-8H,5H2,1-2H3,(H,15,16). The number of pyridine rings is 1. The van der Waals surface area contributed by atoms with Gasteiger partial charge in [0.1, 0.15) is 5.82 Å². The molecule has 2 rings (SSSR count). The van der Waals surface area contributed by atoms with Crippen molar-refractivity contribution in [3.63, 3.8) is 0 Å². The minimum atomic E-state index is -0.767. The summed E-state index contributed by atoms with van der Waals surface area (Å²) in [6, 6.07) is 3.95. The highest BCUT2D eigenvalue weighted by Gasteiger charge is 2.11. The van der Waals surface area contributed by atoms with Gasteiger partial charge in [-0.25, -0.2) is 4.98 Å². The second kappa shape index (κ2) is 3.96. The minimum absolute atomic E-state index is 0.0257. The Morgan fingerprint density at radius 2 is 2.38 bits per heavy atom. The van der Waals surface area contributed by atoms with Crippen molar-refractivity contribution in [3.8, 4) is 0 Å². The van der Waals surface area contributed by atoms with E-state index in [1.165, 1.54) is 0 Å². The van der Waals surface area contributed by atoms with E-state index in [0.717, 1.165) is 16.9 Å². The molecule has 0 amide bonds. The highest BCUT2D eigenvalue weighted by Crippen LogP contribution is 2.20. The van der Waals surface area contributed by atoms with Crippen molar-refractivity contribution in [2.75, 3.05) is 0 Å². The molecule has 0 spiro atoms. The summed E-state index contributed by atoms with van der Waals surface area (Å²) in [5.74, 6) is 0.196. The molecule has 0 saturated carbocycles. The average Bonchev–Trinajstić information content (AvgIpc) is 2.59. The van der Waals surface area contributed by atoms with E-state index in [1.807, 2.05) is 36.6 Å². The van der Waals surface area contributed by atoms with Crippen molar-refractivity contribution in [1.82, 2.24) is 9.38 Å². The SMILES string of the molecule is Cc1ncc2cc(C(C)CC(=O)O)ccn12. The molecule has 0 aliphatic rings. The predicted molar refractivity (Wildman–Crippen MR) is 60.6 cm³/mol. The molecule has 2 heterocycles. The smallest absolute Gasteiger partial charge is 0.303 e. The van der Waals surface area contributed by atoms with Gasteiger partial charge in [-0.2, -0.15) is 0 Å². The van der Waals surface area contributed by atoms with Gasteiger partial charge in [0.25, 0.3) is 0 Å². The normalized spacial score (nSPS) is 12.9. The number of hydrogen-bond donors (Lipinski definition) is 1. The minimum Gasteiger partial charge on any atom is -0.481 e. The summed E-state index contributed by atoms with van der Waals surface area (Å²) in [5, 5.41) is 8.75. The third kappa shape index (κ3) is 1.91. The molecular weight excluding hydrogens is 204 g/mol. The number of carboxylic acid groups (broad SMARTS) is 1. The largest absolute Gasteiger partial charge is 0.481 e. The van der Waals surface area contributed by atoms with Gasteiger partial charge in [-0.3, -0.25) is 4.79 Å². The first kappa shape index (κ1) is 10.7. The molecule has 2 aromatic rings. The molecular formula is C12H14N2O2. The molecule has 0 fully saturated rings. The maximum atomic E-state index is 10.6. The molecule has 0 saturated heterocycles. The number of rotatable bonds is 3. The number of carbonyl (C=O) groups is 1. The van der Waals surface area contributed by atoms with Crippen molar-refractivity contribution in [2.45, 2.75) is 26.2 Å². The maximum Gasteiger partial charge on any atom is 0.303 e. The van der Waals surface area contributed by atoms with Gasteiger partial charge >= 0.3 is 5.97 Å². The Morgan fingerprint density at radius 1 is 1.62 bits per heavy atom. The van der Waals surface area contributed by atoms with Crippen LogP contribution in [0.25, 0.3) is 5.52 Å². The number of aryl methyl sites for hydroxylation is 1. The van der Waals surface area contributed by atoms with Gasteiger partial charge in [0, 0.05) is 6.20 Å². The van der Waals surface area contributed by atoms with E-state index in [0.29, 0.717) is 0 Å². The number of nitrogens with zero attached hydrogens (tertiary/aromatic N) is 2. The van der Waals surface area contributed by atoms with Crippen molar-refractivity contribution < 1.29 is 9.90 Å². The summed E-state index contributed by atoms with van der Waals surface area (Å²) in [5.41, 5.74) is 2.04. The summed E-state index contributed by atoms with van der Waals surface area (Å²) in [6.07, 6.45) is 3.89. The number of hydrogen-bond acceptors (Lipinski definition) is 2. The number of fused-ring (bicyclic) bond motifs is 1. The van der Waals surface area contributed by atoms with Gasteiger partial charge in [-0.1, -0.05) is 6.92 Å². The first-order chi connectivity index (χ1) is 7.58. The lowest BCUT2D eigenvalue weighted by molar-refractivity contribution is -0.137. The first-order valence-corrected chi connectivity index (χ1v) is 5.23. The molecule has 1 unspecified atom stereocenters. The lowest BCUT2D eigenvalue weighted by Gasteiger charge is -2.09. The Morgan fingerprint density at radius 3 is 3.06 bits per heavy atom. The van der Waals surface area contributed by atoms with Crippen LogP contribution in [-0.4, -0.2) is 20.5 Å². The second-order valence-corrected chi connectivity index (χ2v) is 4.06. The summed E-state index contributed by atoms with van der Waals surface area (Å²) < 4.78 is 1.98. The Bertz CT molecular complexity index is 531. The fourth-order valence-corrected chi connectivity index (χ4v) is 1.84. The van der Waals surface area contributed by atoms with Crippen LogP contribution in [0.1, 0.15) is 30.7 Å². The van der Waals surface area contributed by atoms with E-state index in [-0.39, 0.29) is 12.3 Å². The maximum absolute atomic E-state index is 10.6. The van der Waals surface area contributed by atoms with E-state index in [1.54, 1.807) is 6.20 Å². The molecule has 0 aliphatic carbocycles. The van der Waals surface area contributed by atoms with Crippen LogP contribution in [-0.2, 0) is 4.79 Å². The molecule has 2 aromatic heterocycles. The molecule has 0 aliphatic heterocycles. The Labute approximate surface area is 93.5 Å². The fourth-order valence-electron chi connectivity index (χ4n) is 1.84. The molecule has 84 valence electrons. The van der Waals surface area contributed by atoms with E-state index in [9.17, 15) is 4.79 Å². The zero-order valence-electron chi connectivity index (χ0n) is 9.34. The van der Waals surface area contributed by atoms with E-state index in [4.69, 9.17) is 5.11 Å². The van der Waals surface area contributed by atoms with Crippen LogP contribution in [0, 0.1) is 6.92 Å². The molecule has 4 nitrogen and oxygen atoms in total. The van der Waals surface area contributed by atoms with Crippen LogP contribution < -0.4 is 0 Å². The van der Waals surface area contributed by atoms with Gasteiger partial charge < -0.3 is 9.51 Å². The third-order valence-corrected chi connectivity index (χ3v) is 2.79. The van der Waals surface area contributed by atoms with Crippen LogP contribution in [0.15, 0.2) is 24.5 Å². The van der Waals surface area contributed by atoms with Gasteiger partial charge in [0.2, 0.25) is 0 Å². The van der Waals surface area contributed by atoms with E-state index < -0.39 is 5.97 Å². The van der Waals surface area contributed by atoms with Crippen LogP contribution in [0.3, 0.4) is 0 Å². The van der Waals surface area contributed by atoms with Crippen LogP contribution in [0.5, 0.6) is 0 Å². The highest BCUT2D eigenvalue weighted by atomic mass is 16.4. The lowest BCUT2D eigenvalue weighted by Crippen LogP contribution is -2.03. The van der Waals surface area contributed by atoms with Crippen molar-refractivity contribution in [1.29, 1.82) is 0 Å². The van der Waals surface area contributed by atoms with Gasteiger partial charge in [0.15, 0.2) is 0 Å². The quantitative estimate of drug-likeness (QED) is 0.859. The zero-order valence-corrected chi connectivity index (χ0v) is 9.34. The summed E-state index contributed by atoms with van der Waals surface area (Å²) >= 11 is 0. The molecule has 16 heavy (non-hydrogen) atoms. The van der Waals surface area contributed by atoms with E-state index in [2.05, 4.69) is 4.98 Å². The molecule has 0 radical (unpaired) electrons. The molecule has 1 N–H and O–H groups in total. The summed E-state index contributed by atoms with van der Waals surface area (Å²) in [4.78, 5) is 14.8. The van der Waals surface area contributed by atoms with Crippen molar-refractivity contribution in [3.05, 3.63) is 35.9 Å². The summed E-state index contributed by atoms with van der Waals surface area (Å²) in [7, 11) is 0. The van der Waals surface area contributed by atoms with Crippen molar-refractivity contribution >= 4 is 11.5 Å². The fraction of sp³-hybridized carbons (Fsp3) is 0.333. The second-order valence-electron chi connectivity index (χ2n) is 4.06. The predicted octanol–water partition coefficient (Wildman–Crippen LogP) is 2.22. The molecule has 0 bridgehead atoms. The van der Waals surface area contributed by atoms with Gasteiger partial charge in [0.05, 0.1) is 18.1 Å².